The monoisotopic (exact) mass is 401 g/mol. The molecule has 0 amide bonds. The van der Waals surface area contributed by atoms with Crippen molar-refractivity contribution in [2.45, 2.75) is 32.5 Å². The third-order valence-electron chi connectivity index (χ3n) is 5.35. The van der Waals surface area contributed by atoms with E-state index in [1.54, 1.807) is 0 Å². The summed E-state index contributed by atoms with van der Waals surface area (Å²) in [5.74, 6) is 0.193. The zero-order valence-corrected chi connectivity index (χ0v) is 17.1. The van der Waals surface area contributed by atoms with Crippen LogP contribution in [0.2, 0.25) is 0 Å². The van der Waals surface area contributed by atoms with Gasteiger partial charge in [0.2, 0.25) is 0 Å². The second kappa shape index (κ2) is 9.97. The van der Waals surface area contributed by atoms with Crippen LogP contribution in [-0.2, 0) is 18.0 Å². The number of nitrogens with zero attached hydrogens (tertiary/aromatic N) is 1. The van der Waals surface area contributed by atoms with E-state index in [9.17, 15) is 4.79 Å². The maximum atomic E-state index is 13.0. The van der Waals surface area contributed by atoms with Crippen molar-refractivity contribution in [1.82, 2.24) is 0 Å². The van der Waals surface area contributed by atoms with Crippen LogP contribution < -0.4 is 9.64 Å². The molecule has 0 bridgehead atoms. The minimum absolute atomic E-state index is 0.242. The molecule has 30 heavy (non-hydrogen) atoms. The molecular formula is C26H27NO3. The summed E-state index contributed by atoms with van der Waals surface area (Å²) >= 11 is 0. The Kier molecular flexibility index (Phi) is 6.65. The van der Waals surface area contributed by atoms with E-state index in [0.717, 1.165) is 29.9 Å². The van der Waals surface area contributed by atoms with Crippen molar-refractivity contribution in [2.24, 2.45) is 0 Å². The highest BCUT2D eigenvalue weighted by molar-refractivity contribution is 5.93. The molecule has 0 N–H and O–H groups in total. The van der Waals surface area contributed by atoms with Gasteiger partial charge < -0.3 is 14.4 Å². The SMILES string of the molecule is O=C(OCc1ccccc1)c1cc(N2CCCCC2)ccc1OCc1ccccc1. The number of anilines is 1. The van der Waals surface area contributed by atoms with Crippen LogP contribution in [0.5, 0.6) is 5.75 Å². The zero-order valence-electron chi connectivity index (χ0n) is 17.1. The first-order chi connectivity index (χ1) is 14.8. The van der Waals surface area contributed by atoms with Gasteiger partial charge in [-0.1, -0.05) is 60.7 Å². The summed E-state index contributed by atoms with van der Waals surface area (Å²) < 4.78 is 11.6. The summed E-state index contributed by atoms with van der Waals surface area (Å²) in [6, 6.07) is 25.5. The average Bonchev–Trinajstić information content (AvgIpc) is 2.83. The lowest BCUT2D eigenvalue weighted by atomic mass is 10.1. The first-order valence-corrected chi connectivity index (χ1v) is 10.6. The fourth-order valence-electron chi connectivity index (χ4n) is 3.69. The largest absolute Gasteiger partial charge is 0.488 e. The van der Waals surface area contributed by atoms with E-state index in [4.69, 9.17) is 9.47 Å². The van der Waals surface area contributed by atoms with Crippen LogP contribution in [0.4, 0.5) is 5.69 Å². The topological polar surface area (TPSA) is 38.8 Å². The number of hydrogen-bond donors (Lipinski definition) is 0. The Labute approximate surface area is 178 Å². The van der Waals surface area contributed by atoms with Gasteiger partial charge in [-0.3, -0.25) is 0 Å². The minimum Gasteiger partial charge on any atom is -0.488 e. The van der Waals surface area contributed by atoms with Gasteiger partial charge in [-0.15, -0.1) is 0 Å². The fraction of sp³-hybridized carbons (Fsp3) is 0.269. The third-order valence-corrected chi connectivity index (χ3v) is 5.35. The van der Waals surface area contributed by atoms with Crippen LogP contribution in [0.25, 0.3) is 0 Å². The molecule has 0 aromatic heterocycles. The first kappa shape index (κ1) is 20.0. The van der Waals surface area contributed by atoms with Gasteiger partial charge in [0.25, 0.3) is 0 Å². The van der Waals surface area contributed by atoms with Crippen LogP contribution in [0.15, 0.2) is 78.9 Å². The number of esters is 1. The second-order valence-corrected chi connectivity index (χ2v) is 7.56. The van der Waals surface area contributed by atoms with Crippen LogP contribution in [0.3, 0.4) is 0 Å². The molecule has 1 fully saturated rings. The molecule has 1 saturated heterocycles. The third kappa shape index (κ3) is 5.20. The highest BCUT2D eigenvalue weighted by Crippen LogP contribution is 2.29. The highest BCUT2D eigenvalue weighted by Gasteiger charge is 2.19. The predicted molar refractivity (Wildman–Crippen MR) is 119 cm³/mol. The van der Waals surface area contributed by atoms with Gasteiger partial charge in [0.05, 0.1) is 0 Å². The molecule has 154 valence electrons. The van der Waals surface area contributed by atoms with Crippen molar-refractivity contribution in [1.29, 1.82) is 0 Å². The lowest BCUT2D eigenvalue weighted by molar-refractivity contribution is 0.0467. The van der Waals surface area contributed by atoms with Gasteiger partial charge in [-0.25, -0.2) is 4.79 Å². The van der Waals surface area contributed by atoms with Crippen LogP contribution >= 0.6 is 0 Å². The highest BCUT2D eigenvalue weighted by atomic mass is 16.5. The molecule has 3 aromatic carbocycles. The number of rotatable bonds is 7. The lowest BCUT2D eigenvalue weighted by Crippen LogP contribution is -2.29. The summed E-state index contributed by atoms with van der Waals surface area (Å²) in [5, 5.41) is 0. The first-order valence-electron chi connectivity index (χ1n) is 10.6. The fourth-order valence-corrected chi connectivity index (χ4v) is 3.69. The zero-order chi connectivity index (χ0) is 20.6. The van der Waals surface area contributed by atoms with E-state index in [0.29, 0.717) is 17.9 Å². The Balaban J connectivity index is 1.53. The number of benzene rings is 3. The number of ether oxygens (including phenoxy) is 2. The summed E-state index contributed by atoms with van der Waals surface area (Å²) in [6.45, 7) is 2.68. The van der Waals surface area contributed by atoms with Crippen molar-refractivity contribution >= 4 is 11.7 Å². The Hall–Kier alpha value is -3.27. The maximum Gasteiger partial charge on any atom is 0.342 e. The lowest BCUT2D eigenvalue weighted by Gasteiger charge is -2.29. The molecule has 0 aliphatic carbocycles. The number of carbonyl (C=O) groups is 1. The van der Waals surface area contributed by atoms with E-state index in [2.05, 4.69) is 4.90 Å². The van der Waals surface area contributed by atoms with Crippen LogP contribution in [0.1, 0.15) is 40.7 Å². The Morgan fingerprint density at radius 3 is 2.07 bits per heavy atom. The van der Waals surface area contributed by atoms with Crippen LogP contribution in [-0.4, -0.2) is 19.1 Å². The van der Waals surface area contributed by atoms with Gasteiger partial charge in [0.1, 0.15) is 24.5 Å². The molecule has 0 spiro atoms. The van der Waals surface area contributed by atoms with Gasteiger partial charge >= 0.3 is 5.97 Å². The summed E-state index contributed by atoms with van der Waals surface area (Å²) in [5.41, 5.74) is 3.55. The van der Waals surface area contributed by atoms with Gasteiger partial charge in [0, 0.05) is 18.8 Å². The number of hydrogen-bond acceptors (Lipinski definition) is 4. The van der Waals surface area contributed by atoms with E-state index >= 15 is 0 Å². The normalized spacial score (nSPS) is 13.7. The van der Waals surface area contributed by atoms with Gasteiger partial charge in [-0.2, -0.15) is 0 Å². The van der Waals surface area contributed by atoms with Crippen molar-refractivity contribution in [3.63, 3.8) is 0 Å². The minimum atomic E-state index is -0.360. The summed E-state index contributed by atoms with van der Waals surface area (Å²) in [7, 11) is 0. The molecule has 4 rings (SSSR count). The molecule has 0 radical (unpaired) electrons. The van der Waals surface area contributed by atoms with Crippen molar-refractivity contribution in [3.05, 3.63) is 95.6 Å². The van der Waals surface area contributed by atoms with E-state index in [1.807, 2.05) is 78.9 Å². The number of carbonyl (C=O) groups excluding carboxylic acids is 1. The van der Waals surface area contributed by atoms with Crippen molar-refractivity contribution < 1.29 is 14.3 Å². The molecule has 3 aromatic rings. The molecular weight excluding hydrogens is 374 g/mol. The van der Waals surface area contributed by atoms with Gasteiger partial charge in [-0.05, 0) is 48.6 Å². The van der Waals surface area contributed by atoms with E-state index in [-0.39, 0.29) is 12.6 Å². The predicted octanol–water partition coefficient (Wildman–Crippen LogP) is 5.61. The Morgan fingerprint density at radius 1 is 0.767 bits per heavy atom. The molecule has 1 heterocycles. The Morgan fingerprint density at radius 2 is 1.40 bits per heavy atom. The molecule has 0 saturated carbocycles. The van der Waals surface area contributed by atoms with Crippen molar-refractivity contribution in [2.75, 3.05) is 18.0 Å². The Bertz CT molecular complexity index is 951. The molecule has 1 aliphatic rings. The van der Waals surface area contributed by atoms with Crippen LogP contribution in [0, 0.1) is 0 Å². The van der Waals surface area contributed by atoms with E-state index in [1.165, 1.54) is 19.3 Å². The van der Waals surface area contributed by atoms with E-state index < -0.39 is 0 Å². The summed E-state index contributed by atoms with van der Waals surface area (Å²) in [6.07, 6.45) is 3.63. The standard InChI is InChI=1S/C26H27NO3/c28-26(30-20-22-12-6-2-7-13-22)24-18-23(27-16-8-3-9-17-27)14-15-25(24)29-19-21-10-4-1-5-11-21/h1-2,4-7,10-15,18H,3,8-9,16-17,19-20H2. The molecule has 0 unspecified atom stereocenters. The summed E-state index contributed by atoms with van der Waals surface area (Å²) in [4.78, 5) is 15.3. The molecule has 1 aliphatic heterocycles. The smallest absolute Gasteiger partial charge is 0.342 e. The van der Waals surface area contributed by atoms with Crippen molar-refractivity contribution in [3.8, 4) is 5.75 Å². The average molecular weight is 402 g/mol. The second-order valence-electron chi connectivity index (χ2n) is 7.56. The maximum absolute atomic E-state index is 13.0. The van der Waals surface area contributed by atoms with Gasteiger partial charge in [0.15, 0.2) is 0 Å². The molecule has 0 atom stereocenters. The quantitative estimate of drug-likeness (QED) is 0.482. The number of piperidine rings is 1. The molecule has 4 heteroatoms. The molecule has 4 nitrogen and oxygen atoms in total.